The Morgan fingerprint density at radius 3 is 2.07 bits per heavy atom. The molecule has 1 amide bonds. The fraction of sp³-hybridized carbons (Fsp3) is 0.208. The van der Waals surface area contributed by atoms with Crippen molar-refractivity contribution >= 4 is 5.91 Å². The number of amides is 1. The summed E-state index contributed by atoms with van der Waals surface area (Å²) in [5, 5.41) is 3.15. The van der Waals surface area contributed by atoms with Crippen molar-refractivity contribution in [3.63, 3.8) is 0 Å². The summed E-state index contributed by atoms with van der Waals surface area (Å²) in [6.07, 6.45) is 0. The van der Waals surface area contributed by atoms with Gasteiger partial charge in [0.25, 0.3) is 0 Å². The van der Waals surface area contributed by atoms with Crippen molar-refractivity contribution in [2.45, 2.75) is 18.9 Å². The molecule has 0 saturated carbocycles. The van der Waals surface area contributed by atoms with Crippen LogP contribution in [0.15, 0.2) is 66.7 Å². The van der Waals surface area contributed by atoms with Crippen LogP contribution in [0, 0.1) is 0 Å². The van der Waals surface area contributed by atoms with E-state index in [9.17, 15) is 4.79 Å². The summed E-state index contributed by atoms with van der Waals surface area (Å²) in [5.74, 6) is 2.21. The van der Waals surface area contributed by atoms with Crippen LogP contribution >= 0.6 is 0 Å². The van der Waals surface area contributed by atoms with Crippen molar-refractivity contribution in [1.29, 1.82) is 0 Å². The highest BCUT2D eigenvalue weighted by atomic mass is 16.5. The molecule has 0 unspecified atom stereocenters. The molecule has 5 heteroatoms. The molecule has 1 heterocycles. The van der Waals surface area contributed by atoms with Crippen LogP contribution in [0.5, 0.6) is 23.0 Å². The number of ether oxygens (including phenoxy) is 3. The van der Waals surface area contributed by atoms with Gasteiger partial charge in [0.1, 0.15) is 11.5 Å². The number of benzene rings is 3. The van der Waals surface area contributed by atoms with Crippen LogP contribution in [0.2, 0.25) is 0 Å². The van der Waals surface area contributed by atoms with Gasteiger partial charge in [-0.15, -0.1) is 0 Å². The number of para-hydroxylation sites is 2. The van der Waals surface area contributed by atoms with Gasteiger partial charge in [0.15, 0.2) is 11.5 Å². The summed E-state index contributed by atoms with van der Waals surface area (Å²) in [4.78, 5) is 13.4. The lowest BCUT2D eigenvalue weighted by atomic mass is 9.87. The Morgan fingerprint density at radius 1 is 0.897 bits per heavy atom. The maximum Gasteiger partial charge on any atom is 0.232 e. The molecule has 3 aromatic rings. The first-order valence-corrected chi connectivity index (χ1v) is 9.50. The molecule has 5 nitrogen and oxygen atoms in total. The largest absolute Gasteiger partial charge is 0.493 e. The van der Waals surface area contributed by atoms with Gasteiger partial charge in [0, 0.05) is 11.1 Å². The summed E-state index contributed by atoms with van der Waals surface area (Å²) >= 11 is 0. The maximum atomic E-state index is 13.4. The zero-order chi connectivity index (χ0) is 20.4. The number of rotatable bonds is 5. The number of methoxy groups -OCH3 is 2. The Kier molecular flexibility index (Phi) is 5.12. The van der Waals surface area contributed by atoms with E-state index in [0.717, 1.165) is 16.7 Å². The first-order valence-electron chi connectivity index (χ1n) is 9.50. The fourth-order valence-corrected chi connectivity index (χ4v) is 3.69. The molecule has 3 aromatic carbocycles. The summed E-state index contributed by atoms with van der Waals surface area (Å²) in [5.41, 5.74) is 2.66. The molecular formula is C24H23NO4. The van der Waals surface area contributed by atoms with E-state index in [1.54, 1.807) is 14.2 Å². The Hall–Kier alpha value is -3.47. The van der Waals surface area contributed by atoms with E-state index in [4.69, 9.17) is 14.2 Å². The second-order valence-electron chi connectivity index (χ2n) is 6.96. The van der Waals surface area contributed by atoms with Gasteiger partial charge < -0.3 is 19.5 Å². The molecule has 0 bridgehead atoms. The van der Waals surface area contributed by atoms with Crippen molar-refractivity contribution in [1.82, 2.24) is 5.32 Å². The van der Waals surface area contributed by atoms with E-state index in [1.807, 2.05) is 73.7 Å². The van der Waals surface area contributed by atoms with Crippen molar-refractivity contribution in [3.8, 4) is 23.0 Å². The van der Waals surface area contributed by atoms with E-state index in [1.165, 1.54) is 0 Å². The highest BCUT2D eigenvalue weighted by Gasteiger charge is 2.33. The van der Waals surface area contributed by atoms with Gasteiger partial charge in [0.05, 0.1) is 26.2 Å². The number of fused-ring (bicyclic) bond motifs is 2. The number of carbonyl (C=O) groups is 1. The van der Waals surface area contributed by atoms with Gasteiger partial charge >= 0.3 is 0 Å². The molecule has 0 radical (unpaired) electrons. The van der Waals surface area contributed by atoms with Crippen LogP contribution in [0.1, 0.15) is 35.6 Å². The van der Waals surface area contributed by atoms with Crippen LogP contribution in [0.4, 0.5) is 0 Å². The molecule has 0 aromatic heterocycles. The Balaban J connectivity index is 1.64. The Morgan fingerprint density at radius 2 is 1.48 bits per heavy atom. The minimum Gasteiger partial charge on any atom is -0.493 e. The molecule has 0 spiro atoms. The molecule has 29 heavy (non-hydrogen) atoms. The lowest BCUT2D eigenvalue weighted by Gasteiger charge is -2.28. The van der Waals surface area contributed by atoms with Crippen LogP contribution in [0.3, 0.4) is 0 Å². The van der Waals surface area contributed by atoms with Crippen molar-refractivity contribution in [2.75, 3.05) is 14.2 Å². The summed E-state index contributed by atoms with van der Waals surface area (Å²) < 4.78 is 16.7. The van der Waals surface area contributed by atoms with Gasteiger partial charge in [-0.1, -0.05) is 42.5 Å². The van der Waals surface area contributed by atoms with Crippen molar-refractivity contribution in [3.05, 3.63) is 83.4 Å². The fourth-order valence-electron chi connectivity index (χ4n) is 3.69. The molecule has 1 atom stereocenters. The standard InChI is InChI=1S/C24H23NO4/c1-15(16-12-13-21(27-2)22(14-16)28-3)25-24(26)23-17-8-4-6-10-19(17)29-20-11-7-5-9-18(20)23/h4-15,23H,1-3H3,(H,25,26)/t15-/m1/s1. The monoisotopic (exact) mass is 389 g/mol. The molecule has 0 saturated heterocycles. The predicted octanol–water partition coefficient (Wildman–Crippen LogP) is 4.82. The van der Waals surface area contributed by atoms with Crippen LogP contribution in [-0.4, -0.2) is 20.1 Å². The van der Waals surface area contributed by atoms with Crippen molar-refractivity contribution in [2.24, 2.45) is 0 Å². The van der Waals surface area contributed by atoms with Gasteiger partial charge in [-0.05, 0) is 36.8 Å². The third-order valence-electron chi connectivity index (χ3n) is 5.21. The van der Waals surface area contributed by atoms with E-state index < -0.39 is 5.92 Å². The molecule has 4 rings (SSSR count). The van der Waals surface area contributed by atoms with E-state index in [-0.39, 0.29) is 11.9 Å². The van der Waals surface area contributed by atoms with E-state index >= 15 is 0 Å². The Labute approximate surface area is 170 Å². The minimum atomic E-state index is -0.432. The zero-order valence-electron chi connectivity index (χ0n) is 16.6. The van der Waals surface area contributed by atoms with Gasteiger partial charge in [-0.3, -0.25) is 4.79 Å². The summed E-state index contributed by atoms with van der Waals surface area (Å²) in [6.45, 7) is 1.95. The minimum absolute atomic E-state index is 0.0736. The lowest BCUT2D eigenvalue weighted by molar-refractivity contribution is -0.122. The lowest BCUT2D eigenvalue weighted by Crippen LogP contribution is -2.33. The third-order valence-corrected chi connectivity index (χ3v) is 5.21. The average Bonchev–Trinajstić information content (AvgIpc) is 2.76. The van der Waals surface area contributed by atoms with Crippen LogP contribution in [-0.2, 0) is 4.79 Å². The maximum absolute atomic E-state index is 13.4. The molecule has 0 aliphatic carbocycles. The van der Waals surface area contributed by atoms with E-state index in [0.29, 0.717) is 23.0 Å². The number of hydrogen-bond donors (Lipinski definition) is 1. The second-order valence-corrected chi connectivity index (χ2v) is 6.96. The number of carbonyl (C=O) groups excluding carboxylic acids is 1. The first kappa shape index (κ1) is 18.9. The Bertz CT molecular complexity index is 1000. The second kappa shape index (κ2) is 7.87. The van der Waals surface area contributed by atoms with Crippen molar-refractivity contribution < 1.29 is 19.0 Å². The molecule has 1 aliphatic heterocycles. The highest BCUT2D eigenvalue weighted by molar-refractivity contribution is 5.90. The average molecular weight is 389 g/mol. The smallest absolute Gasteiger partial charge is 0.232 e. The highest BCUT2D eigenvalue weighted by Crippen LogP contribution is 2.44. The summed E-state index contributed by atoms with van der Waals surface area (Å²) in [7, 11) is 3.20. The summed E-state index contributed by atoms with van der Waals surface area (Å²) in [6, 6.07) is 20.8. The quantitative estimate of drug-likeness (QED) is 0.680. The third kappa shape index (κ3) is 3.51. The topological polar surface area (TPSA) is 56.8 Å². The number of hydrogen-bond acceptors (Lipinski definition) is 4. The van der Waals surface area contributed by atoms with Crippen LogP contribution in [0.25, 0.3) is 0 Å². The molecule has 0 fully saturated rings. The number of nitrogens with one attached hydrogen (secondary N) is 1. The molecular weight excluding hydrogens is 366 g/mol. The normalized spacial score (nSPS) is 13.5. The zero-order valence-corrected chi connectivity index (χ0v) is 16.6. The van der Waals surface area contributed by atoms with Gasteiger partial charge in [0.2, 0.25) is 5.91 Å². The van der Waals surface area contributed by atoms with E-state index in [2.05, 4.69) is 5.32 Å². The molecule has 1 aliphatic rings. The molecule has 148 valence electrons. The SMILES string of the molecule is COc1ccc([C@@H](C)NC(=O)C2c3ccccc3Oc3ccccc32)cc1OC. The van der Waals surface area contributed by atoms with Crippen LogP contribution < -0.4 is 19.5 Å². The first-order chi connectivity index (χ1) is 14.1. The predicted molar refractivity (Wildman–Crippen MR) is 111 cm³/mol. The van der Waals surface area contributed by atoms with Gasteiger partial charge in [-0.25, -0.2) is 0 Å². The van der Waals surface area contributed by atoms with Gasteiger partial charge in [-0.2, -0.15) is 0 Å². The molecule has 1 N–H and O–H groups in total.